The molecule has 1 atom stereocenters. The highest BCUT2D eigenvalue weighted by Crippen LogP contribution is 2.29. The van der Waals surface area contributed by atoms with Crippen molar-refractivity contribution in [2.75, 3.05) is 10.2 Å². The van der Waals surface area contributed by atoms with E-state index >= 15 is 0 Å². The van der Waals surface area contributed by atoms with Crippen LogP contribution < -0.4 is 16.0 Å². The van der Waals surface area contributed by atoms with Gasteiger partial charge in [-0.2, -0.15) is 0 Å². The number of pyridine rings is 2. The second kappa shape index (κ2) is 11.8. The van der Waals surface area contributed by atoms with Gasteiger partial charge in [0.15, 0.2) is 6.04 Å². The van der Waals surface area contributed by atoms with Gasteiger partial charge < -0.3 is 21.1 Å². The van der Waals surface area contributed by atoms with Crippen molar-refractivity contribution in [3.05, 3.63) is 119 Å². The molecule has 1 unspecified atom stereocenters. The molecule has 0 aliphatic carbocycles. The summed E-state index contributed by atoms with van der Waals surface area (Å²) in [7, 11) is 0. The fourth-order valence-corrected chi connectivity index (χ4v) is 4.12. The highest BCUT2D eigenvalue weighted by molar-refractivity contribution is 5.95. The lowest BCUT2D eigenvalue weighted by atomic mass is 10.00. The number of anilines is 2. The van der Waals surface area contributed by atoms with Crippen LogP contribution in [0.3, 0.4) is 0 Å². The lowest BCUT2D eigenvalue weighted by molar-refractivity contribution is -0.138. The van der Waals surface area contributed by atoms with Gasteiger partial charge in [-0.25, -0.2) is 4.79 Å². The first-order valence-corrected chi connectivity index (χ1v) is 12.0. The van der Waals surface area contributed by atoms with Crippen molar-refractivity contribution in [1.82, 2.24) is 9.97 Å². The van der Waals surface area contributed by atoms with Crippen LogP contribution in [0.25, 0.3) is 0 Å². The fourth-order valence-electron chi connectivity index (χ4n) is 4.12. The molecule has 2 aromatic carbocycles. The molecule has 0 spiro atoms. The molecule has 2 heterocycles. The van der Waals surface area contributed by atoms with E-state index in [0.29, 0.717) is 29.9 Å². The number of aliphatic carboxylic acids is 1. The molecule has 0 aliphatic heterocycles. The maximum Gasteiger partial charge on any atom is 0.330 e. The molecule has 0 bridgehead atoms. The van der Waals surface area contributed by atoms with E-state index in [1.54, 1.807) is 36.7 Å². The SMILES string of the molecule is CCc1cc(C(Nc2ccc(C(=N)N)cc2)C(=O)O)cc(N(Cc2cccnc2)Cc2cccnc2)c1. The highest BCUT2D eigenvalue weighted by atomic mass is 16.4. The fraction of sp³-hybridized carbons (Fsp3) is 0.172. The number of rotatable bonds is 11. The van der Waals surface area contributed by atoms with E-state index in [9.17, 15) is 9.90 Å². The molecular weight excluding hydrogens is 464 g/mol. The van der Waals surface area contributed by atoms with E-state index in [0.717, 1.165) is 28.8 Å². The summed E-state index contributed by atoms with van der Waals surface area (Å²) >= 11 is 0. The largest absolute Gasteiger partial charge is 0.479 e. The van der Waals surface area contributed by atoms with Crippen molar-refractivity contribution in [1.29, 1.82) is 5.41 Å². The van der Waals surface area contributed by atoms with Crippen LogP contribution in [0.4, 0.5) is 11.4 Å². The summed E-state index contributed by atoms with van der Waals surface area (Å²) in [6.07, 6.45) is 7.93. The Morgan fingerprint density at radius 1 is 0.973 bits per heavy atom. The Morgan fingerprint density at radius 3 is 2.08 bits per heavy atom. The maximum atomic E-state index is 12.4. The molecular formula is C29H30N6O2. The third-order valence-corrected chi connectivity index (χ3v) is 6.05. The minimum Gasteiger partial charge on any atom is -0.479 e. The zero-order chi connectivity index (χ0) is 26.2. The summed E-state index contributed by atoms with van der Waals surface area (Å²) in [6.45, 7) is 3.26. The van der Waals surface area contributed by atoms with Gasteiger partial charge in [0.25, 0.3) is 0 Å². The van der Waals surface area contributed by atoms with Crippen LogP contribution in [-0.4, -0.2) is 26.9 Å². The Labute approximate surface area is 216 Å². The normalized spacial score (nSPS) is 11.5. The van der Waals surface area contributed by atoms with Crippen LogP contribution in [0.2, 0.25) is 0 Å². The lowest BCUT2D eigenvalue weighted by Gasteiger charge is -2.27. The van der Waals surface area contributed by atoms with Crippen LogP contribution in [0.15, 0.2) is 91.5 Å². The number of hydrogen-bond donors (Lipinski definition) is 4. The summed E-state index contributed by atoms with van der Waals surface area (Å²) in [6, 6.07) is 19.7. The number of nitrogens with one attached hydrogen (secondary N) is 2. The van der Waals surface area contributed by atoms with Crippen molar-refractivity contribution < 1.29 is 9.90 Å². The van der Waals surface area contributed by atoms with E-state index in [1.165, 1.54) is 0 Å². The van der Waals surface area contributed by atoms with E-state index in [2.05, 4.69) is 33.2 Å². The molecule has 4 rings (SSSR count). The monoisotopic (exact) mass is 494 g/mol. The van der Waals surface area contributed by atoms with Crippen LogP contribution in [0.5, 0.6) is 0 Å². The molecule has 188 valence electrons. The van der Waals surface area contributed by atoms with Gasteiger partial charge in [0.05, 0.1) is 0 Å². The number of carboxylic acid groups (broad SMARTS) is 1. The first-order valence-electron chi connectivity index (χ1n) is 12.0. The summed E-state index contributed by atoms with van der Waals surface area (Å²) in [5.41, 5.74) is 11.5. The number of nitrogen functional groups attached to an aromatic ring is 1. The highest BCUT2D eigenvalue weighted by Gasteiger charge is 2.22. The van der Waals surface area contributed by atoms with Crippen LogP contribution in [-0.2, 0) is 24.3 Å². The first kappa shape index (κ1) is 25.4. The van der Waals surface area contributed by atoms with E-state index in [1.807, 2.05) is 48.8 Å². The molecule has 8 nitrogen and oxygen atoms in total. The summed E-state index contributed by atoms with van der Waals surface area (Å²) in [5.74, 6) is -1.02. The van der Waals surface area contributed by atoms with Gasteiger partial charge in [-0.05, 0) is 77.2 Å². The first-order chi connectivity index (χ1) is 17.9. The number of amidine groups is 1. The second-order valence-corrected chi connectivity index (χ2v) is 8.77. The molecule has 5 N–H and O–H groups in total. The molecule has 37 heavy (non-hydrogen) atoms. The zero-order valence-electron chi connectivity index (χ0n) is 20.6. The Bertz CT molecular complexity index is 1300. The molecule has 2 aromatic heterocycles. The number of aromatic nitrogens is 2. The number of hydrogen-bond acceptors (Lipinski definition) is 6. The Balaban J connectivity index is 1.70. The second-order valence-electron chi connectivity index (χ2n) is 8.77. The maximum absolute atomic E-state index is 12.4. The van der Waals surface area contributed by atoms with Crippen molar-refractivity contribution in [2.24, 2.45) is 5.73 Å². The molecule has 0 saturated heterocycles. The Hall–Kier alpha value is -4.72. The predicted molar refractivity (Wildman–Crippen MR) is 146 cm³/mol. The number of aryl methyl sites for hydroxylation is 1. The number of nitrogens with two attached hydrogens (primary N) is 1. The molecule has 8 heteroatoms. The van der Waals surface area contributed by atoms with Crippen molar-refractivity contribution in [3.8, 4) is 0 Å². The Morgan fingerprint density at radius 2 is 1.59 bits per heavy atom. The third-order valence-electron chi connectivity index (χ3n) is 6.05. The standard InChI is InChI=1S/C29H30N6O2/c1-2-20-13-24(27(29(36)37)34-25-9-7-23(8-10-25)28(30)31)15-26(14-20)35(18-21-5-3-11-32-16-21)19-22-6-4-12-33-17-22/h3-17,27,34H,2,18-19H2,1H3,(H3,30,31)(H,36,37). The molecule has 0 amide bonds. The van der Waals surface area contributed by atoms with Crippen LogP contribution in [0, 0.1) is 5.41 Å². The van der Waals surface area contributed by atoms with E-state index < -0.39 is 12.0 Å². The average Bonchev–Trinajstić information content (AvgIpc) is 2.92. The third kappa shape index (κ3) is 6.70. The lowest BCUT2D eigenvalue weighted by Crippen LogP contribution is -2.24. The van der Waals surface area contributed by atoms with Gasteiger partial charge in [0.1, 0.15) is 5.84 Å². The quantitative estimate of drug-likeness (QED) is 0.175. The molecule has 0 aliphatic rings. The summed E-state index contributed by atoms with van der Waals surface area (Å²) in [5, 5.41) is 20.8. The topological polar surface area (TPSA) is 128 Å². The van der Waals surface area contributed by atoms with Crippen LogP contribution >= 0.6 is 0 Å². The van der Waals surface area contributed by atoms with Crippen molar-refractivity contribution in [2.45, 2.75) is 32.5 Å². The minimum atomic E-state index is -0.985. The van der Waals surface area contributed by atoms with Crippen LogP contribution in [0.1, 0.15) is 40.8 Å². The molecule has 0 fully saturated rings. The van der Waals surface area contributed by atoms with Gasteiger partial charge in [0.2, 0.25) is 0 Å². The zero-order valence-corrected chi connectivity index (χ0v) is 20.6. The van der Waals surface area contributed by atoms with Gasteiger partial charge in [-0.3, -0.25) is 15.4 Å². The number of carbonyl (C=O) groups is 1. The number of nitrogens with zero attached hydrogens (tertiary/aromatic N) is 3. The summed E-state index contributed by atoms with van der Waals surface area (Å²) < 4.78 is 0. The molecule has 4 aromatic rings. The van der Waals surface area contributed by atoms with E-state index in [-0.39, 0.29) is 5.84 Å². The van der Waals surface area contributed by atoms with E-state index in [4.69, 9.17) is 11.1 Å². The number of carboxylic acids is 1. The summed E-state index contributed by atoms with van der Waals surface area (Å²) in [4.78, 5) is 23.1. The van der Waals surface area contributed by atoms with Gasteiger partial charge >= 0.3 is 5.97 Å². The van der Waals surface area contributed by atoms with Gasteiger partial charge in [0, 0.05) is 54.8 Å². The molecule has 0 radical (unpaired) electrons. The minimum absolute atomic E-state index is 0.0380. The number of benzene rings is 2. The molecule has 0 saturated carbocycles. The average molecular weight is 495 g/mol. The van der Waals surface area contributed by atoms with Gasteiger partial charge in [-0.1, -0.05) is 25.1 Å². The van der Waals surface area contributed by atoms with Gasteiger partial charge in [-0.15, -0.1) is 0 Å². The van der Waals surface area contributed by atoms with Crippen molar-refractivity contribution in [3.63, 3.8) is 0 Å². The Kier molecular flexibility index (Phi) is 8.10. The smallest absolute Gasteiger partial charge is 0.330 e. The van der Waals surface area contributed by atoms with Crippen molar-refractivity contribution >= 4 is 23.2 Å². The predicted octanol–water partition coefficient (Wildman–Crippen LogP) is 4.77.